The highest BCUT2D eigenvalue weighted by molar-refractivity contribution is 5.85. The van der Waals surface area contributed by atoms with Crippen LogP contribution in [0.15, 0.2) is 22.7 Å². The van der Waals surface area contributed by atoms with E-state index < -0.39 is 0 Å². The smallest absolute Gasteiger partial charge is 0.201 e. The van der Waals surface area contributed by atoms with Crippen molar-refractivity contribution in [2.75, 3.05) is 5.73 Å². The first-order chi connectivity index (χ1) is 10.6. The van der Waals surface area contributed by atoms with Crippen molar-refractivity contribution in [1.29, 1.82) is 0 Å². The van der Waals surface area contributed by atoms with Gasteiger partial charge < -0.3 is 14.8 Å². The van der Waals surface area contributed by atoms with Crippen LogP contribution in [0, 0.1) is 13.8 Å². The van der Waals surface area contributed by atoms with Crippen LogP contribution in [0.4, 0.5) is 5.95 Å². The normalized spacial score (nSPS) is 15.9. The van der Waals surface area contributed by atoms with Gasteiger partial charge in [-0.15, -0.1) is 0 Å². The van der Waals surface area contributed by atoms with E-state index in [4.69, 9.17) is 10.3 Å². The van der Waals surface area contributed by atoms with Crippen molar-refractivity contribution >= 4 is 17.0 Å². The van der Waals surface area contributed by atoms with Gasteiger partial charge in [0.1, 0.15) is 5.76 Å². The predicted molar refractivity (Wildman–Crippen MR) is 86.6 cm³/mol. The van der Waals surface area contributed by atoms with E-state index in [2.05, 4.69) is 26.8 Å². The highest BCUT2D eigenvalue weighted by Gasteiger charge is 2.22. The predicted octanol–water partition coefficient (Wildman–Crippen LogP) is 4.01. The van der Waals surface area contributed by atoms with Crippen LogP contribution in [0.3, 0.4) is 0 Å². The van der Waals surface area contributed by atoms with E-state index in [1.807, 2.05) is 19.9 Å². The van der Waals surface area contributed by atoms with Crippen LogP contribution in [-0.2, 0) is 0 Å². The van der Waals surface area contributed by atoms with Crippen LogP contribution in [-0.4, -0.2) is 14.7 Å². The summed E-state index contributed by atoms with van der Waals surface area (Å²) in [5.41, 5.74) is 11.4. The van der Waals surface area contributed by atoms with Crippen LogP contribution < -0.4 is 5.73 Å². The number of nitrogens with two attached hydrogens (primary N) is 1. The molecule has 22 heavy (non-hydrogen) atoms. The molecule has 1 aliphatic rings. The average Bonchev–Trinajstić information content (AvgIpc) is 3.18. The molecule has 1 fully saturated rings. The van der Waals surface area contributed by atoms with Gasteiger partial charge in [0.15, 0.2) is 0 Å². The molecule has 5 nitrogen and oxygen atoms in total. The Kier molecular flexibility index (Phi) is 2.96. The maximum absolute atomic E-state index is 6.18. The van der Waals surface area contributed by atoms with Crippen LogP contribution in [0.5, 0.6) is 0 Å². The van der Waals surface area contributed by atoms with E-state index in [-0.39, 0.29) is 0 Å². The van der Waals surface area contributed by atoms with Crippen molar-refractivity contribution in [3.05, 3.63) is 29.7 Å². The molecular formula is C17H20N4O. The first-order valence-corrected chi connectivity index (χ1v) is 7.86. The SMILES string of the molecule is Cc1noc(C)c1-c1ccc2nc(N)n(C3CCCC3)c2c1. The lowest BCUT2D eigenvalue weighted by molar-refractivity contribution is 0.393. The van der Waals surface area contributed by atoms with E-state index in [0.29, 0.717) is 12.0 Å². The molecule has 0 saturated heterocycles. The van der Waals surface area contributed by atoms with Crippen LogP contribution >= 0.6 is 0 Å². The standard InChI is InChI=1S/C17H20N4O/c1-10-16(11(2)22-20-10)12-7-8-14-15(9-12)21(17(18)19-14)13-5-3-4-6-13/h7-9,13H,3-6H2,1-2H3,(H2,18,19). The lowest BCUT2D eigenvalue weighted by atomic mass is 10.0. The second kappa shape index (κ2) is 4.87. The number of imidazole rings is 1. The fourth-order valence-corrected chi connectivity index (χ4v) is 3.71. The summed E-state index contributed by atoms with van der Waals surface area (Å²) in [4.78, 5) is 4.53. The van der Waals surface area contributed by atoms with Gasteiger partial charge in [-0.1, -0.05) is 24.1 Å². The molecule has 2 aromatic heterocycles. The molecule has 0 atom stereocenters. The monoisotopic (exact) mass is 296 g/mol. The topological polar surface area (TPSA) is 69.9 Å². The van der Waals surface area contributed by atoms with Gasteiger partial charge in [-0.2, -0.15) is 0 Å². The molecule has 0 bridgehead atoms. The van der Waals surface area contributed by atoms with Gasteiger partial charge in [0, 0.05) is 11.6 Å². The lowest BCUT2D eigenvalue weighted by Crippen LogP contribution is -2.08. The Hall–Kier alpha value is -2.30. The Bertz CT molecular complexity index is 820. The quantitative estimate of drug-likeness (QED) is 0.775. The van der Waals surface area contributed by atoms with Gasteiger partial charge in [-0.25, -0.2) is 4.98 Å². The molecule has 0 aliphatic heterocycles. The minimum atomic E-state index is 0.477. The summed E-state index contributed by atoms with van der Waals surface area (Å²) in [5.74, 6) is 1.47. The number of fused-ring (bicyclic) bond motifs is 1. The Morgan fingerprint density at radius 3 is 2.68 bits per heavy atom. The van der Waals surface area contributed by atoms with Crippen molar-refractivity contribution in [2.24, 2.45) is 0 Å². The molecule has 1 aliphatic carbocycles. The van der Waals surface area contributed by atoms with Crippen molar-refractivity contribution in [3.8, 4) is 11.1 Å². The molecule has 5 heteroatoms. The van der Waals surface area contributed by atoms with E-state index >= 15 is 0 Å². The maximum Gasteiger partial charge on any atom is 0.201 e. The molecule has 0 spiro atoms. The van der Waals surface area contributed by atoms with Crippen molar-refractivity contribution < 1.29 is 4.52 Å². The molecule has 4 rings (SSSR count). The Balaban J connectivity index is 1.91. The highest BCUT2D eigenvalue weighted by atomic mass is 16.5. The zero-order valence-corrected chi connectivity index (χ0v) is 13.0. The number of aromatic nitrogens is 3. The summed E-state index contributed by atoms with van der Waals surface area (Å²) in [6.45, 7) is 3.92. The molecule has 0 amide bonds. The largest absolute Gasteiger partial charge is 0.369 e. The number of nitrogens with zero attached hydrogens (tertiary/aromatic N) is 3. The van der Waals surface area contributed by atoms with E-state index in [1.165, 1.54) is 25.7 Å². The van der Waals surface area contributed by atoms with E-state index in [0.717, 1.165) is 33.6 Å². The molecule has 2 heterocycles. The number of aryl methyl sites for hydroxylation is 2. The van der Waals surface area contributed by atoms with Gasteiger partial charge in [0.25, 0.3) is 0 Å². The Labute approximate surface area is 129 Å². The summed E-state index contributed by atoms with van der Waals surface area (Å²) in [6, 6.07) is 6.76. The zero-order valence-electron chi connectivity index (χ0n) is 13.0. The lowest BCUT2D eigenvalue weighted by Gasteiger charge is -2.14. The molecule has 114 valence electrons. The molecule has 3 aromatic rings. The summed E-state index contributed by atoms with van der Waals surface area (Å²) >= 11 is 0. The van der Waals surface area contributed by atoms with E-state index in [9.17, 15) is 0 Å². The van der Waals surface area contributed by atoms with Crippen molar-refractivity contribution in [3.63, 3.8) is 0 Å². The molecular weight excluding hydrogens is 276 g/mol. The second-order valence-electron chi connectivity index (χ2n) is 6.18. The number of benzene rings is 1. The third-order valence-corrected chi connectivity index (χ3v) is 4.73. The molecule has 1 saturated carbocycles. The zero-order chi connectivity index (χ0) is 15.3. The Morgan fingerprint density at radius 2 is 2.00 bits per heavy atom. The first kappa shape index (κ1) is 13.4. The summed E-state index contributed by atoms with van der Waals surface area (Å²) in [5, 5.41) is 4.06. The van der Waals surface area contributed by atoms with Gasteiger partial charge in [-0.05, 0) is 44.4 Å². The van der Waals surface area contributed by atoms with Crippen molar-refractivity contribution in [2.45, 2.75) is 45.6 Å². The first-order valence-electron chi connectivity index (χ1n) is 7.86. The summed E-state index contributed by atoms with van der Waals surface area (Å²) < 4.78 is 7.51. The minimum Gasteiger partial charge on any atom is -0.369 e. The average molecular weight is 296 g/mol. The number of rotatable bonds is 2. The minimum absolute atomic E-state index is 0.477. The van der Waals surface area contributed by atoms with Crippen LogP contribution in [0.1, 0.15) is 43.2 Å². The third kappa shape index (κ3) is 1.92. The van der Waals surface area contributed by atoms with Crippen LogP contribution in [0.25, 0.3) is 22.2 Å². The molecule has 0 unspecified atom stereocenters. The summed E-state index contributed by atoms with van der Waals surface area (Å²) in [7, 11) is 0. The number of anilines is 1. The molecule has 0 radical (unpaired) electrons. The van der Waals surface area contributed by atoms with E-state index in [1.54, 1.807) is 0 Å². The fraction of sp³-hybridized carbons (Fsp3) is 0.412. The Morgan fingerprint density at radius 1 is 1.23 bits per heavy atom. The molecule has 1 aromatic carbocycles. The van der Waals surface area contributed by atoms with Crippen LogP contribution in [0.2, 0.25) is 0 Å². The number of hydrogen-bond donors (Lipinski definition) is 1. The molecule has 2 N–H and O–H groups in total. The fourth-order valence-electron chi connectivity index (χ4n) is 3.71. The van der Waals surface area contributed by atoms with Gasteiger partial charge in [0.05, 0.1) is 16.7 Å². The second-order valence-corrected chi connectivity index (χ2v) is 6.18. The summed E-state index contributed by atoms with van der Waals surface area (Å²) in [6.07, 6.45) is 4.91. The van der Waals surface area contributed by atoms with Crippen molar-refractivity contribution in [1.82, 2.24) is 14.7 Å². The van der Waals surface area contributed by atoms with Gasteiger partial charge in [0.2, 0.25) is 5.95 Å². The number of nitrogen functional groups attached to an aromatic ring is 1. The van der Waals surface area contributed by atoms with Gasteiger partial charge >= 0.3 is 0 Å². The third-order valence-electron chi connectivity index (χ3n) is 4.73. The number of hydrogen-bond acceptors (Lipinski definition) is 4. The van der Waals surface area contributed by atoms with Gasteiger partial charge in [-0.3, -0.25) is 0 Å². The highest BCUT2D eigenvalue weighted by Crippen LogP contribution is 2.36. The maximum atomic E-state index is 6.18.